The standard InChI is InChI=1S/C26H24N2O2S2/c29-21(19-11-5-2-6-12-19)17-31-26-27-24-23(20-13-7-8-14-22(20)32-24)25(30)28(26)16-15-18-9-3-1-4-10-18/h1-6,9-12H,7-8,13-17H2. The van der Waals surface area contributed by atoms with Gasteiger partial charge in [0.2, 0.25) is 0 Å². The van der Waals surface area contributed by atoms with Crippen LogP contribution in [0.4, 0.5) is 0 Å². The molecule has 0 spiro atoms. The van der Waals surface area contributed by atoms with Gasteiger partial charge < -0.3 is 0 Å². The number of ketones is 1. The monoisotopic (exact) mass is 460 g/mol. The molecule has 2 heterocycles. The maximum Gasteiger partial charge on any atom is 0.263 e. The summed E-state index contributed by atoms with van der Waals surface area (Å²) in [6.45, 7) is 0.554. The predicted molar refractivity (Wildman–Crippen MR) is 132 cm³/mol. The third-order valence-electron chi connectivity index (χ3n) is 5.93. The number of hydrogen-bond donors (Lipinski definition) is 0. The highest BCUT2D eigenvalue weighted by atomic mass is 32.2. The Morgan fingerprint density at radius 3 is 2.50 bits per heavy atom. The molecule has 0 amide bonds. The van der Waals surface area contributed by atoms with Crippen LogP contribution in [-0.4, -0.2) is 21.1 Å². The second-order valence-corrected chi connectivity index (χ2v) is 10.1. The van der Waals surface area contributed by atoms with Crippen molar-refractivity contribution in [3.05, 3.63) is 92.6 Å². The number of thiophene rings is 1. The topological polar surface area (TPSA) is 52.0 Å². The van der Waals surface area contributed by atoms with Crippen LogP contribution in [0.1, 0.15) is 39.2 Å². The summed E-state index contributed by atoms with van der Waals surface area (Å²) in [6.07, 6.45) is 5.05. The number of benzene rings is 2. The highest BCUT2D eigenvalue weighted by Crippen LogP contribution is 2.34. The fraction of sp³-hybridized carbons (Fsp3) is 0.269. The van der Waals surface area contributed by atoms with Crippen molar-refractivity contribution >= 4 is 39.1 Å². The smallest absolute Gasteiger partial charge is 0.263 e. The minimum Gasteiger partial charge on any atom is -0.293 e. The van der Waals surface area contributed by atoms with E-state index in [1.165, 1.54) is 34.2 Å². The molecule has 4 nitrogen and oxygen atoms in total. The summed E-state index contributed by atoms with van der Waals surface area (Å²) in [4.78, 5) is 33.4. The van der Waals surface area contributed by atoms with Crippen LogP contribution in [0.5, 0.6) is 0 Å². The number of carbonyl (C=O) groups is 1. The van der Waals surface area contributed by atoms with Crippen LogP contribution in [0.25, 0.3) is 10.2 Å². The highest BCUT2D eigenvalue weighted by Gasteiger charge is 2.22. The number of thioether (sulfide) groups is 1. The lowest BCUT2D eigenvalue weighted by Crippen LogP contribution is -2.25. The molecule has 0 radical (unpaired) electrons. The number of aromatic nitrogens is 2. The van der Waals surface area contributed by atoms with Crippen LogP contribution in [0.3, 0.4) is 0 Å². The van der Waals surface area contributed by atoms with Crippen LogP contribution in [0, 0.1) is 0 Å². The number of nitrogens with zero attached hydrogens (tertiary/aromatic N) is 2. The Labute approximate surface area is 195 Å². The van der Waals surface area contributed by atoms with Gasteiger partial charge in [-0.05, 0) is 43.2 Å². The van der Waals surface area contributed by atoms with E-state index in [4.69, 9.17) is 4.98 Å². The van der Waals surface area contributed by atoms with Crippen molar-refractivity contribution in [2.24, 2.45) is 0 Å². The van der Waals surface area contributed by atoms with Gasteiger partial charge in [-0.3, -0.25) is 14.2 Å². The van der Waals surface area contributed by atoms with Crippen molar-refractivity contribution < 1.29 is 4.79 Å². The largest absolute Gasteiger partial charge is 0.293 e. The van der Waals surface area contributed by atoms with Crippen LogP contribution >= 0.6 is 23.1 Å². The summed E-state index contributed by atoms with van der Waals surface area (Å²) < 4.78 is 1.79. The first kappa shape index (κ1) is 21.2. The molecule has 162 valence electrons. The van der Waals surface area contributed by atoms with E-state index >= 15 is 0 Å². The van der Waals surface area contributed by atoms with Gasteiger partial charge in [-0.2, -0.15) is 0 Å². The van der Waals surface area contributed by atoms with Gasteiger partial charge >= 0.3 is 0 Å². The lowest BCUT2D eigenvalue weighted by Gasteiger charge is -2.13. The Morgan fingerprint density at radius 2 is 1.72 bits per heavy atom. The van der Waals surface area contributed by atoms with Crippen LogP contribution < -0.4 is 5.56 Å². The van der Waals surface area contributed by atoms with Crippen molar-refractivity contribution in [3.63, 3.8) is 0 Å². The van der Waals surface area contributed by atoms with Crippen molar-refractivity contribution in [1.82, 2.24) is 9.55 Å². The van der Waals surface area contributed by atoms with E-state index < -0.39 is 0 Å². The van der Waals surface area contributed by atoms with Crippen molar-refractivity contribution in [1.29, 1.82) is 0 Å². The Morgan fingerprint density at radius 1 is 1.00 bits per heavy atom. The van der Waals surface area contributed by atoms with Crippen molar-refractivity contribution in [2.45, 2.75) is 43.8 Å². The predicted octanol–water partition coefficient (Wildman–Crippen LogP) is 5.55. The van der Waals surface area contributed by atoms with Gasteiger partial charge in [-0.25, -0.2) is 4.98 Å². The lowest BCUT2D eigenvalue weighted by atomic mass is 9.97. The summed E-state index contributed by atoms with van der Waals surface area (Å²) in [5.74, 6) is 0.309. The summed E-state index contributed by atoms with van der Waals surface area (Å²) in [7, 11) is 0. The number of aryl methyl sites for hydroxylation is 3. The molecule has 6 heteroatoms. The molecule has 0 fully saturated rings. The zero-order chi connectivity index (χ0) is 21.9. The molecule has 0 atom stereocenters. The van der Waals surface area contributed by atoms with Crippen molar-refractivity contribution in [2.75, 3.05) is 5.75 Å². The van der Waals surface area contributed by atoms with Gasteiger partial charge in [-0.15, -0.1) is 11.3 Å². The number of Topliss-reactive ketones (excluding diaryl/α,β-unsaturated/α-hetero) is 1. The number of carbonyl (C=O) groups excluding carboxylic acids is 1. The molecule has 4 aromatic rings. The fourth-order valence-corrected chi connectivity index (χ4v) is 6.47. The highest BCUT2D eigenvalue weighted by molar-refractivity contribution is 7.99. The summed E-state index contributed by atoms with van der Waals surface area (Å²) in [5, 5.41) is 1.44. The molecule has 32 heavy (non-hydrogen) atoms. The number of fused-ring (bicyclic) bond motifs is 3. The molecule has 1 aliphatic carbocycles. The fourth-order valence-electron chi connectivity index (χ4n) is 4.25. The van der Waals surface area contributed by atoms with E-state index in [2.05, 4.69) is 12.1 Å². The molecule has 2 aromatic carbocycles. The normalized spacial score (nSPS) is 13.2. The van der Waals surface area contributed by atoms with Crippen LogP contribution in [-0.2, 0) is 25.8 Å². The van der Waals surface area contributed by atoms with E-state index in [0.29, 0.717) is 17.3 Å². The van der Waals surface area contributed by atoms with Gasteiger partial charge in [-0.1, -0.05) is 72.4 Å². The van der Waals surface area contributed by atoms with Gasteiger partial charge in [0.1, 0.15) is 4.83 Å². The Balaban J connectivity index is 1.50. The average molecular weight is 461 g/mol. The van der Waals surface area contributed by atoms with Gasteiger partial charge in [0, 0.05) is 17.0 Å². The molecular formula is C26H24N2O2S2. The van der Waals surface area contributed by atoms with Crippen LogP contribution in [0.2, 0.25) is 0 Å². The SMILES string of the molecule is O=C(CSc1nc2sc3c(c2c(=O)n1CCc1ccccc1)CCCC3)c1ccccc1. The minimum absolute atomic E-state index is 0.0417. The van der Waals surface area contributed by atoms with Gasteiger partial charge in [0.05, 0.1) is 11.1 Å². The second-order valence-electron chi connectivity index (χ2n) is 8.06. The van der Waals surface area contributed by atoms with Gasteiger partial charge in [0.15, 0.2) is 10.9 Å². The molecule has 5 rings (SSSR count). The Kier molecular flexibility index (Phi) is 6.23. The van der Waals surface area contributed by atoms with Crippen molar-refractivity contribution in [3.8, 4) is 0 Å². The van der Waals surface area contributed by atoms with E-state index in [0.717, 1.165) is 35.9 Å². The quantitative estimate of drug-likeness (QED) is 0.206. The minimum atomic E-state index is 0.0417. The maximum absolute atomic E-state index is 13.6. The first-order valence-corrected chi connectivity index (χ1v) is 12.8. The number of rotatable bonds is 7. The molecule has 0 bridgehead atoms. The molecular weight excluding hydrogens is 436 g/mol. The molecule has 0 unspecified atom stereocenters. The van der Waals surface area contributed by atoms with E-state index in [1.54, 1.807) is 15.9 Å². The Hall–Kier alpha value is -2.70. The lowest BCUT2D eigenvalue weighted by molar-refractivity contribution is 0.102. The average Bonchev–Trinajstić information content (AvgIpc) is 3.22. The maximum atomic E-state index is 13.6. The molecule has 1 aliphatic rings. The zero-order valence-corrected chi connectivity index (χ0v) is 19.4. The summed E-state index contributed by atoms with van der Waals surface area (Å²) in [5.41, 5.74) is 3.12. The first-order chi connectivity index (χ1) is 15.7. The van der Waals surface area contributed by atoms with Crippen LogP contribution in [0.15, 0.2) is 70.6 Å². The molecule has 0 saturated heterocycles. The van der Waals surface area contributed by atoms with Gasteiger partial charge in [0.25, 0.3) is 5.56 Å². The molecule has 2 aromatic heterocycles. The van der Waals surface area contributed by atoms with E-state index in [9.17, 15) is 9.59 Å². The molecule has 0 N–H and O–H groups in total. The zero-order valence-electron chi connectivity index (χ0n) is 17.8. The first-order valence-electron chi connectivity index (χ1n) is 11.0. The summed E-state index contributed by atoms with van der Waals surface area (Å²) in [6, 6.07) is 19.5. The van der Waals surface area contributed by atoms with E-state index in [1.807, 2.05) is 48.5 Å². The van der Waals surface area contributed by atoms with E-state index in [-0.39, 0.29) is 17.1 Å². The third-order valence-corrected chi connectivity index (χ3v) is 8.10. The molecule has 0 saturated carbocycles. The third kappa shape index (κ3) is 4.30. The second kappa shape index (κ2) is 9.43. The number of hydrogen-bond acceptors (Lipinski definition) is 5. The molecule has 0 aliphatic heterocycles. The summed E-state index contributed by atoms with van der Waals surface area (Å²) >= 11 is 3.03. The Bertz CT molecular complexity index is 1310.